The molecule has 1 saturated heterocycles. The first-order valence-corrected chi connectivity index (χ1v) is 17.5. The SMILES string of the molecule is CC(CCC1CN(C(=O)O)C(C)(C)C1)Nc1cccc(S(=O)(=O)NC(=O)c2ccc(-n3ccc(OCCC4CC4C(F)(F)F)n3)nc2Cl)n1. The first-order valence-electron chi connectivity index (χ1n) is 15.7. The van der Waals surface area contributed by atoms with Crippen LogP contribution in [0.1, 0.15) is 63.2 Å². The van der Waals surface area contributed by atoms with Gasteiger partial charge in [-0.25, -0.2) is 24.2 Å². The minimum Gasteiger partial charge on any atom is -0.477 e. The molecule has 3 aromatic heterocycles. The van der Waals surface area contributed by atoms with Crippen LogP contribution in [0, 0.1) is 17.8 Å². The van der Waals surface area contributed by atoms with Gasteiger partial charge in [-0.05, 0) is 89.0 Å². The molecule has 1 aliphatic carbocycles. The number of sulfonamides is 1. The summed E-state index contributed by atoms with van der Waals surface area (Å²) in [5.74, 6) is -1.93. The Hall–Kier alpha value is -4.12. The van der Waals surface area contributed by atoms with Crippen molar-refractivity contribution in [2.24, 2.45) is 17.8 Å². The average molecular weight is 728 g/mol. The number of amides is 2. The van der Waals surface area contributed by atoms with Crippen LogP contribution in [-0.4, -0.2) is 81.1 Å². The molecule has 13 nitrogen and oxygen atoms in total. The molecule has 4 heterocycles. The Kier molecular flexibility index (Phi) is 10.3. The van der Waals surface area contributed by atoms with Crippen molar-refractivity contribution in [2.45, 2.75) is 75.7 Å². The smallest absolute Gasteiger partial charge is 0.407 e. The fraction of sp³-hybridized carbons (Fsp3) is 0.516. The number of halogens is 4. The van der Waals surface area contributed by atoms with Crippen LogP contribution in [0.2, 0.25) is 5.15 Å². The fourth-order valence-electron chi connectivity index (χ4n) is 6.12. The molecule has 2 amide bonds. The van der Waals surface area contributed by atoms with E-state index in [0.29, 0.717) is 13.0 Å². The lowest BCUT2D eigenvalue weighted by Gasteiger charge is -2.28. The summed E-state index contributed by atoms with van der Waals surface area (Å²) in [6.45, 7) is 6.26. The summed E-state index contributed by atoms with van der Waals surface area (Å²) in [4.78, 5) is 34.2. The van der Waals surface area contributed by atoms with Crippen molar-refractivity contribution < 1.29 is 41.0 Å². The van der Waals surface area contributed by atoms with Crippen molar-refractivity contribution in [3.63, 3.8) is 0 Å². The largest absolute Gasteiger partial charge is 0.477 e. The van der Waals surface area contributed by atoms with E-state index in [2.05, 4.69) is 20.4 Å². The van der Waals surface area contributed by atoms with Crippen molar-refractivity contribution >= 4 is 39.4 Å². The summed E-state index contributed by atoms with van der Waals surface area (Å²) in [5.41, 5.74) is -0.654. The van der Waals surface area contributed by atoms with Crippen LogP contribution < -0.4 is 14.8 Å². The van der Waals surface area contributed by atoms with Crippen LogP contribution in [0.3, 0.4) is 0 Å². The van der Waals surface area contributed by atoms with Crippen LogP contribution in [-0.2, 0) is 10.0 Å². The van der Waals surface area contributed by atoms with E-state index in [-0.39, 0.29) is 59.6 Å². The average Bonchev–Trinajstić information content (AvgIpc) is 3.53. The number of rotatable bonds is 13. The van der Waals surface area contributed by atoms with Crippen LogP contribution in [0.15, 0.2) is 47.6 Å². The third-order valence-corrected chi connectivity index (χ3v) is 10.3. The van der Waals surface area contributed by atoms with E-state index < -0.39 is 50.6 Å². The van der Waals surface area contributed by atoms with Crippen molar-refractivity contribution in [1.29, 1.82) is 0 Å². The van der Waals surface area contributed by atoms with Crippen LogP contribution in [0.25, 0.3) is 5.82 Å². The standard InChI is InChI=1S/C31H37ClF3N7O6S/c1-18(7-8-19-16-30(2,3)41(17-19)29(44)45)36-23-5-4-6-26(37-23)49(46,47)40-28(43)21-9-10-24(38-27(21)32)42-13-11-25(39-42)48-14-12-20-15-22(20)31(33,34)35/h4-6,9-11,13,18-20,22H,7-8,12,14-17H2,1-3H3,(H,36,37)(H,40,43)(H,44,45). The molecule has 2 fully saturated rings. The Morgan fingerprint density at radius 2 is 1.92 bits per heavy atom. The second kappa shape index (κ2) is 14.0. The zero-order chi connectivity index (χ0) is 35.7. The molecule has 1 aliphatic heterocycles. The zero-order valence-electron chi connectivity index (χ0n) is 26.9. The van der Waals surface area contributed by atoms with Crippen molar-refractivity contribution in [2.75, 3.05) is 18.5 Å². The molecule has 2 aliphatic rings. The normalized spacial score (nSPS) is 20.9. The number of hydrogen-bond acceptors (Lipinski definition) is 9. The highest BCUT2D eigenvalue weighted by molar-refractivity contribution is 7.90. The van der Waals surface area contributed by atoms with Gasteiger partial charge in [0.2, 0.25) is 5.88 Å². The van der Waals surface area contributed by atoms with Gasteiger partial charge in [0.05, 0.1) is 18.1 Å². The number of hydrogen-bond donors (Lipinski definition) is 3. The highest BCUT2D eigenvalue weighted by Gasteiger charge is 2.55. The Balaban J connectivity index is 1.13. The molecular formula is C31H37ClF3N7O6S. The number of ether oxygens (including phenoxy) is 1. The summed E-state index contributed by atoms with van der Waals surface area (Å²) < 4.78 is 73.0. The maximum Gasteiger partial charge on any atom is 0.407 e. The predicted molar refractivity (Wildman–Crippen MR) is 172 cm³/mol. The number of alkyl halides is 3. The highest BCUT2D eigenvalue weighted by atomic mass is 35.5. The number of anilines is 1. The Morgan fingerprint density at radius 3 is 2.57 bits per heavy atom. The number of nitrogens with zero attached hydrogens (tertiary/aromatic N) is 5. The summed E-state index contributed by atoms with van der Waals surface area (Å²) in [5, 5.41) is 16.1. The monoisotopic (exact) mass is 727 g/mol. The van der Waals surface area contributed by atoms with Crippen molar-refractivity contribution in [1.82, 2.24) is 29.4 Å². The van der Waals surface area contributed by atoms with E-state index in [9.17, 15) is 36.3 Å². The maximum absolute atomic E-state index is 13.1. The van der Waals surface area contributed by atoms with Gasteiger partial charge in [-0.15, -0.1) is 5.10 Å². The van der Waals surface area contributed by atoms with Crippen molar-refractivity contribution in [3.8, 4) is 11.7 Å². The van der Waals surface area contributed by atoms with Gasteiger partial charge < -0.3 is 20.1 Å². The molecule has 1 saturated carbocycles. The first-order chi connectivity index (χ1) is 22.9. The molecule has 49 heavy (non-hydrogen) atoms. The molecule has 0 radical (unpaired) electrons. The van der Waals surface area contributed by atoms with Gasteiger partial charge in [0.15, 0.2) is 10.8 Å². The molecular weight excluding hydrogens is 691 g/mol. The lowest BCUT2D eigenvalue weighted by Crippen LogP contribution is -2.41. The molecule has 0 bridgehead atoms. The minimum atomic E-state index is -4.41. The van der Waals surface area contributed by atoms with Gasteiger partial charge in [0.25, 0.3) is 15.9 Å². The van der Waals surface area contributed by atoms with E-state index in [1.807, 2.05) is 25.5 Å². The van der Waals surface area contributed by atoms with Gasteiger partial charge in [0, 0.05) is 30.4 Å². The van der Waals surface area contributed by atoms with Gasteiger partial charge in [-0.2, -0.15) is 21.6 Å². The second-order valence-electron chi connectivity index (χ2n) is 13.1. The number of pyridine rings is 2. The second-order valence-corrected chi connectivity index (χ2v) is 15.1. The molecule has 0 aromatic carbocycles. The topological polar surface area (TPSA) is 169 Å². The van der Waals surface area contributed by atoms with Crippen LogP contribution in [0.5, 0.6) is 5.88 Å². The molecule has 266 valence electrons. The molecule has 4 unspecified atom stereocenters. The lowest BCUT2D eigenvalue weighted by molar-refractivity contribution is -0.151. The number of carbonyl (C=O) groups excluding carboxylic acids is 1. The van der Waals surface area contributed by atoms with Gasteiger partial charge in [0.1, 0.15) is 11.0 Å². The summed E-state index contributed by atoms with van der Waals surface area (Å²) in [6.07, 6.45) is -1.06. The third-order valence-electron chi connectivity index (χ3n) is 8.78. The number of carboxylic acid groups (broad SMARTS) is 1. The first kappa shape index (κ1) is 36.2. The molecule has 3 N–H and O–H groups in total. The summed E-state index contributed by atoms with van der Waals surface area (Å²) in [7, 11) is -4.41. The van der Waals surface area contributed by atoms with E-state index in [1.165, 1.54) is 46.1 Å². The van der Waals surface area contributed by atoms with Gasteiger partial charge in [-0.3, -0.25) is 4.79 Å². The third kappa shape index (κ3) is 8.92. The molecule has 5 rings (SSSR count). The van der Waals surface area contributed by atoms with Crippen LogP contribution in [0.4, 0.5) is 23.8 Å². The molecule has 3 aromatic rings. The van der Waals surface area contributed by atoms with E-state index in [0.717, 1.165) is 12.8 Å². The number of likely N-dealkylation sites (tertiary alicyclic amines) is 1. The Morgan fingerprint density at radius 1 is 1.16 bits per heavy atom. The molecule has 4 atom stereocenters. The van der Waals surface area contributed by atoms with Gasteiger partial charge >= 0.3 is 12.3 Å². The summed E-state index contributed by atoms with van der Waals surface area (Å²) in [6, 6.07) is 8.39. The predicted octanol–water partition coefficient (Wildman–Crippen LogP) is 5.76. The Bertz CT molecular complexity index is 1810. The van der Waals surface area contributed by atoms with E-state index in [4.69, 9.17) is 16.3 Å². The lowest BCUT2D eigenvalue weighted by atomic mass is 9.92. The molecule has 0 spiro atoms. The highest BCUT2D eigenvalue weighted by Crippen LogP contribution is 2.51. The zero-order valence-corrected chi connectivity index (χ0v) is 28.5. The maximum atomic E-state index is 13.1. The minimum absolute atomic E-state index is 0.0665. The fourth-order valence-corrected chi connectivity index (χ4v) is 7.29. The van der Waals surface area contributed by atoms with E-state index >= 15 is 0 Å². The number of carbonyl (C=O) groups is 2. The van der Waals surface area contributed by atoms with Crippen LogP contribution >= 0.6 is 11.6 Å². The van der Waals surface area contributed by atoms with E-state index in [1.54, 1.807) is 6.07 Å². The van der Waals surface area contributed by atoms with Crippen molar-refractivity contribution in [3.05, 3.63) is 53.3 Å². The quantitative estimate of drug-likeness (QED) is 0.184. The molecule has 18 heteroatoms. The number of nitrogens with one attached hydrogen (secondary N) is 2. The van der Waals surface area contributed by atoms with Gasteiger partial charge in [-0.1, -0.05) is 17.7 Å². The summed E-state index contributed by atoms with van der Waals surface area (Å²) >= 11 is 6.24. The Labute approximate surface area is 286 Å². The number of aromatic nitrogens is 4.